The van der Waals surface area contributed by atoms with Gasteiger partial charge in [0, 0.05) is 13.3 Å². The lowest BCUT2D eigenvalue weighted by Crippen LogP contribution is -2.20. The van der Waals surface area contributed by atoms with Crippen LogP contribution in [0.25, 0.3) is 0 Å². The molecule has 2 aromatic rings. The van der Waals surface area contributed by atoms with Crippen molar-refractivity contribution in [2.75, 3.05) is 0 Å². The van der Waals surface area contributed by atoms with Crippen molar-refractivity contribution in [1.82, 2.24) is 5.43 Å². The second kappa shape index (κ2) is 9.98. The predicted octanol–water partition coefficient (Wildman–Crippen LogP) is 5.00. The maximum Gasteiger partial charge on any atom is 0.308 e. The second-order valence-electron chi connectivity index (χ2n) is 10.00. The lowest BCUT2D eigenvalue weighted by molar-refractivity contribution is -0.131. The number of aryl methyl sites for hydroxylation is 1. The number of benzene rings is 2. The van der Waals surface area contributed by atoms with Crippen LogP contribution in [0.3, 0.4) is 0 Å². The Kier molecular flexibility index (Phi) is 7.83. The van der Waals surface area contributed by atoms with Crippen LogP contribution in [0.2, 0.25) is 0 Å². The molecule has 0 aliphatic heterocycles. The fourth-order valence-corrected chi connectivity index (χ4v) is 3.26. The quantitative estimate of drug-likeness (QED) is 0.288. The zero-order valence-corrected chi connectivity index (χ0v) is 20.1. The lowest BCUT2D eigenvalue weighted by atomic mass is 9.78. The van der Waals surface area contributed by atoms with Crippen LogP contribution in [-0.2, 0) is 26.8 Å². The molecule has 2 rings (SSSR count). The molecule has 0 unspecified atom stereocenters. The summed E-state index contributed by atoms with van der Waals surface area (Å²) in [6.07, 6.45) is 2.36. The summed E-state index contributed by atoms with van der Waals surface area (Å²) in [5.74, 6) is 0.219. The molecule has 0 heterocycles. The Morgan fingerprint density at radius 1 is 1.00 bits per heavy atom. The number of phenolic OH excluding ortho intramolecular Hbond substituents is 1. The molecule has 0 atom stereocenters. The summed E-state index contributed by atoms with van der Waals surface area (Å²) in [4.78, 5) is 23.2. The Balaban J connectivity index is 2.03. The van der Waals surface area contributed by atoms with Crippen molar-refractivity contribution in [3.63, 3.8) is 0 Å². The second-order valence-corrected chi connectivity index (χ2v) is 10.00. The molecule has 0 fully saturated rings. The summed E-state index contributed by atoms with van der Waals surface area (Å²) in [5, 5.41) is 14.8. The fourth-order valence-electron chi connectivity index (χ4n) is 3.26. The molecule has 2 aromatic carbocycles. The van der Waals surface area contributed by atoms with Gasteiger partial charge in [0.25, 0.3) is 0 Å². The number of amides is 1. The number of nitrogens with zero attached hydrogens (tertiary/aromatic N) is 1. The third kappa shape index (κ3) is 7.22. The van der Waals surface area contributed by atoms with Gasteiger partial charge < -0.3 is 9.84 Å². The van der Waals surface area contributed by atoms with E-state index >= 15 is 0 Å². The van der Waals surface area contributed by atoms with E-state index < -0.39 is 0 Å². The minimum atomic E-state index is -0.378. The van der Waals surface area contributed by atoms with Crippen LogP contribution in [0.15, 0.2) is 41.5 Å². The lowest BCUT2D eigenvalue weighted by Gasteiger charge is -2.28. The normalized spacial score (nSPS) is 12.1. The van der Waals surface area contributed by atoms with E-state index in [1.807, 2.05) is 12.1 Å². The number of aromatic hydroxyl groups is 1. The average molecular weight is 439 g/mol. The molecule has 0 bridgehead atoms. The monoisotopic (exact) mass is 438 g/mol. The van der Waals surface area contributed by atoms with E-state index in [-0.39, 0.29) is 29.1 Å². The first-order valence-electron chi connectivity index (χ1n) is 10.7. The number of hydrogen-bond donors (Lipinski definition) is 2. The van der Waals surface area contributed by atoms with Crippen molar-refractivity contribution in [2.24, 2.45) is 5.10 Å². The van der Waals surface area contributed by atoms with Crippen molar-refractivity contribution in [3.05, 3.63) is 58.7 Å². The van der Waals surface area contributed by atoms with E-state index in [0.717, 1.165) is 22.3 Å². The third-order valence-corrected chi connectivity index (χ3v) is 4.97. The van der Waals surface area contributed by atoms with Crippen LogP contribution in [0.1, 0.15) is 77.1 Å². The Hall–Kier alpha value is -3.15. The molecule has 0 radical (unpaired) electrons. The van der Waals surface area contributed by atoms with Crippen LogP contribution in [0.4, 0.5) is 0 Å². The zero-order chi connectivity index (χ0) is 24.1. The predicted molar refractivity (Wildman–Crippen MR) is 127 cm³/mol. The number of phenols is 1. The highest BCUT2D eigenvalue weighted by molar-refractivity contribution is 5.82. The van der Waals surface area contributed by atoms with Gasteiger partial charge in [-0.05, 0) is 63.8 Å². The highest BCUT2D eigenvalue weighted by Gasteiger charge is 2.26. The first-order valence-corrected chi connectivity index (χ1v) is 10.7. The van der Waals surface area contributed by atoms with Gasteiger partial charge in [0.1, 0.15) is 11.5 Å². The number of esters is 1. The van der Waals surface area contributed by atoms with Gasteiger partial charge in [-0.1, -0.05) is 53.7 Å². The minimum absolute atomic E-state index is 0.194. The van der Waals surface area contributed by atoms with E-state index in [2.05, 4.69) is 52.1 Å². The number of hydrogen-bond acceptors (Lipinski definition) is 5. The molecule has 1 amide bonds. The molecule has 6 heteroatoms. The van der Waals surface area contributed by atoms with Gasteiger partial charge in [0.05, 0.1) is 6.21 Å². The maximum absolute atomic E-state index is 12.3. The van der Waals surface area contributed by atoms with Gasteiger partial charge in [-0.25, -0.2) is 5.43 Å². The summed E-state index contributed by atoms with van der Waals surface area (Å²) in [6, 6.07) is 10.8. The van der Waals surface area contributed by atoms with Gasteiger partial charge in [-0.3, -0.25) is 9.59 Å². The standard InChI is InChI=1S/C26H34N2O4/c1-17(29)32-20-11-8-18(9-12-20)16-27-28-23(30)13-10-19-14-21(25(2,3)4)24(31)22(15-19)26(5,6)7/h8-9,11-12,14-16,31H,10,13H2,1-7H3,(H,28,30)/b27-16-. The highest BCUT2D eigenvalue weighted by Crippen LogP contribution is 2.39. The number of nitrogens with one attached hydrogen (secondary N) is 1. The zero-order valence-electron chi connectivity index (χ0n) is 20.1. The molecule has 0 saturated heterocycles. The van der Waals surface area contributed by atoms with Crippen molar-refractivity contribution < 1.29 is 19.4 Å². The summed E-state index contributed by atoms with van der Waals surface area (Å²) in [6.45, 7) is 13.8. The number of ether oxygens (including phenoxy) is 1. The van der Waals surface area contributed by atoms with Crippen LogP contribution in [-0.4, -0.2) is 23.2 Å². The van der Waals surface area contributed by atoms with Crippen molar-refractivity contribution in [2.45, 2.75) is 72.1 Å². The Morgan fingerprint density at radius 2 is 1.53 bits per heavy atom. The number of carbonyl (C=O) groups is 2. The largest absolute Gasteiger partial charge is 0.507 e. The minimum Gasteiger partial charge on any atom is -0.507 e. The molecule has 0 aliphatic rings. The average Bonchev–Trinajstić information content (AvgIpc) is 2.66. The van der Waals surface area contributed by atoms with Gasteiger partial charge in [0.15, 0.2) is 0 Å². The summed E-state index contributed by atoms with van der Waals surface area (Å²) in [7, 11) is 0. The molecule has 32 heavy (non-hydrogen) atoms. The van der Waals surface area contributed by atoms with Crippen molar-refractivity contribution >= 4 is 18.1 Å². The van der Waals surface area contributed by atoms with E-state index in [0.29, 0.717) is 17.9 Å². The van der Waals surface area contributed by atoms with E-state index in [1.165, 1.54) is 13.1 Å². The van der Waals surface area contributed by atoms with E-state index in [9.17, 15) is 14.7 Å². The number of carbonyl (C=O) groups excluding carboxylic acids is 2. The maximum atomic E-state index is 12.3. The van der Waals surface area contributed by atoms with Gasteiger partial charge >= 0.3 is 5.97 Å². The topological polar surface area (TPSA) is 88.0 Å². The summed E-state index contributed by atoms with van der Waals surface area (Å²) in [5.41, 5.74) is 5.67. The summed E-state index contributed by atoms with van der Waals surface area (Å²) < 4.78 is 4.98. The molecule has 0 aromatic heterocycles. The Labute approximate surface area is 190 Å². The third-order valence-electron chi connectivity index (χ3n) is 4.97. The highest BCUT2D eigenvalue weighted by atomic mass is 16.5. The van der Waals surface area contributed by atoms with E-state index in [1.54, 1.807) is 24.3 Å². The molecule has 0 spiro atoms. The van der Waals surface area contributed by atoms with Gasteiger partial charge in [-0.2, -0.15) is 5.10 Å². The first-order chi connectivity index (χ1) is 14.8. The molecule has 172 valence electrons. The first kappa shape index (κ1) is 25.1. The van der Waals surface area contributed by atoms with E-state index in [4.69, 9.17) is 4.74 Å². The van der Waals surface area contributed by atoms with Crippen LogP contribution < -0.4 is 10.2 Å². The van der Waals surface area contributed by atoms with Crippen LogP contribution in [0, 0.1) is 0 Å². The molecule has 0 saturated carbocycles. The smallest absolute Gasteiger partial charge is 0.308 e. The van der Waals surface area contributed by atoms with Gasteiger partial charge in [-0.15, -0.1) is 0 Å². The molecule has 6 nitrogen and oxygen atoms in total. The Morgan fingerprint density at radius 3 is 2.00 bits per heavy atom. The van der Waals surface area contributed by atoms with Crippen LogP contribution in [0.5, 0.6) is 11.5 Å². The molecular weight excluding hydrogens is 404 g/mol. The Bertz CT molecular complexity index is 959. The fraction of sp³-hybridized carbons (Fsp3) is 0.423. The summed E-state index contributed by atoms with van der Waals surface area (Å²) >= 11 is 0. The number of hydrazone groups is 1. The van der Waals surface area contributed by atoms with Crippen LogP contribution >= 0.6 is 0 Å². The SMILES string of the molecule is CC(=O)Oc1ccc(/C=N\NC(=O)CCc2cc(C(C)(C)C)c(O)c(C(C)(C)C)c2)cc1. The van der Waals surface area contributed by atoms with Gasteiger partial charge in [0.2, 0.25) is 5.91 Å². The molecule has 0 aliphatic carbocycles. The molecule has 2 N–H and O–H groups in total. The van der Waals surface area contributed by atoms with Crippen molar-refractivity contribution in [3.8, 4) is 11.5 Å². The van der Waals surface area contributed by atoms with Crippen molar-refractivity contribution in [1.29, 1.82) is 0 Å². The number of rotatable bonds is 6. The molecular formula is C26H34N2O4.